The number of benzene rings is 2. The lowest BCUT2D eigenvalue weighted by molar-refractivity contribution is 0.414. The van der Waals surface area contributed by atoms with E-state index in [9.17, 15) is 8.78 Å². The molecule has 1 unspecified atom stereocenters. The van der Waals surface area contributed by atoms with Crippen LogP contribution in [0.25, 0.3) is 0 Å². The van der Waals surface area contributed by atoms with Gasteiger partial charge in [0.1, 0.15) is 17.4 Å². The highest BCUT2D eigenvalue weighted by molar-refractivity contribution is 5.31. The summed E-state index contributed by atoms with van der Waals surface area (Å²) in [5, 5.41) is 0. The van der Waals surface area contributed by atoms with Crippen molar-refractivity contribution in [1.29, 1.82) is 0 Å². The monoisotopic (exact) mass is 277 g/mol. The second-order valence-corrected chi connectivity index (χ2v) is 4.78. The maximum absolute atomic E-state index is 13.8. The molecule has 0 amide bonds. The summed E-state index contributed by atoms with van der Waals surface area (Å²) in [4.78, 5) is 0. The largest absolute Gasteiger partial charge is 0.497 e. The van der Waals surface area contributed by atoms with Gasteiger partial charge in [0.15, 0.2) is 0 Å². The van der Waals surface area contributed by atoms with Gasteiger partial charge in [-0.15, -0.1) is 0 Å². The van der Waals surface area contributed by atoms with E-state index in [0.29, 0.717) is 6.42 Å². The Hall–Kier alpha value is -1.94. The number of aryl methyl sites for hydroxylation is 1. The average molecular weight is 277 g/mol. The van der Waals surface area contributed by atoms with E-state index in [2.05, 4.69) is 0 Å². The van der Waals surface area contributed by atoms with Crippen molar-refractivity contribution in [3.8, 4) is 5.75 Å². The number of rotatable bonds is 4. The van der Waals surface area contributed by atoms with Crippen molar-refractivity contribution < 1.29 is 13.5 Å². The van der Waals surface area contributed by atoms with E-state index in [1.807, 2.05) is 24.3 Å². The molecule has 0 heterocycles. The van der Waals surface area contributed by atoms with E-state index in [0.717, 1.165) is 11.3 Å². The molecule has 0 aliphatic rings. The minimum Gasteiger partial charge on any atom is -0.497 e. The Morgan fingerprint density at radius 2 is 1.75 bits per heavy atom. The highest BCUT2D eigenvalue weighted by atomic mass is 19.1. The highest BCUT2D eigenvalue weighted by Gasteiger charge is 2.15. The lowest BCUT2D eigenvalue weighted by Crippen LogP contribution is -2.15. The van der Waals surface area contributed by atoms with Crippen LogP contribution >= 0.6 is 0 Å². The molecule has 2 aromatic rings. The van der Waals surface area contributed by atoms with Crippen LogP contribution in [0.3, 0.4) is 0 Å². The van der Waals surface area contributed by atoms with Crippen LogP contribution < -0.4 is 10.5 Å². The second-order valence-electron chi connectivity index (χ2n) is 4.78. The molecular formula is C16H17F2NO. The van der Waals surface area contributed by atoms with Crippen molar-refractivity contribution in [2.24, 2.45) is 5.73 Å². The van der Waals surface area contributed by atoms with Gasteiger partial charge in [-0.25, -0.2) is 8.78 Å². The maximum atomic E-state index is 13.8. The molecule has 106 valence electrons. The molecule has 0 spiro atoms. The van der Waals surface area contributed by atoms with Crippen LogP contribution in [-0.2, 0) is 6.42 Å². The number of halogens is 2. The van der Waals surface area contributed by atoms with E-state index in [1.165, 1.54) is 19.1 Å². The molecule has 0 bridgehead atoms. The van der Waals surface area contributed by atoms with E-state index in [-0.39, 0.29) is 11.1 Å². The third kappa shape index (κ3) is 3.14. The zero-order chi connectivity index (χ0) is 14.7. The van der Waals surface area contributed by atoms with Crippen LogP contribution in [-0.4, -0.2) is 7.11 Å². The number of hydrogen-bond donors (Lipinski definition) is 1. The molecule has 0 saturated carbocycles. The fourth-order valence-corrected chi connectivity index (χ4v) is 2.07. The molecule has 0 radical (unpaired) electrons. The van der Waals surface area contributed by atoms with Crippen LogP contribution in [0.4, 0.5) is 8.78 Å². The predicted octanol–water partition coefficient (Wildman–Crippen LogP) is 3.52. The molecule has 2 rings (SSSR count). The van der Waals surface area contributed by atoms with Crippen LogP contribution in [0, 0.1) is 18.6 Å². The van der Waals surface area contributed by atoms with E-state index in [1.54, 1.807) is 7.11 Å². The Bertz CT molecular complexity index is 596. The third-order valence-corrected chi connectivity index (χ3v) is 3.29. The minimum absolute atomic E-state index is 0.198. The first kappa shape index (κ1) is 14.5. The molecular weight excluding hydrogens is 260 g/mol. The molecule has 1 atom stereocenters. The summed E-state index contributed by atoms with van der Waals surface area (Å²) in [6.07, 6.45) is 0.434. The maximum Gasteiger partial charge on any atom is 0.128 e. The fraction of sp³-hybridized carbons (Fsp3) is 0.250. The van der Waals surface area contributed by atoms with Crippen molar-refractivity contribution in [3.05, 3.63) is 64.7 Å². The fourth-order valence-electron chi connectivity index (χ4n) is 2.07. The zero-order valence-electron chi connectivity index (χ0n) is 11.5. The molecule has 2 N–H and O–H groups in total. The van der Waals surface area contributed by atoms with Gasteiger partial charge in [-0.05, 0) is 48.7 Å². The lowest BCUT2D eigenvalue weighted by atomic mass is 9.98. The number of hydrogen-bond acceptors (Lipinski definition) is 2. The third-order valence-electron chi connectivity index (χ3n) is 3.29. The predicted molar refractivity (Wildman–Crippen MR) is 74.7 cm³/mol. The van der Waals surface area contributed by atoms with Crippen molar-refractivity contribution in [3.63, 3.8) is 0 Å². The van der Waals surface area contributed by atoms with E-state index < -0.39 is 17.7 Å². The Morgan fingerprint density at radius 1 is 1.10 bits per heavy atom. The summed E-state index contributed by atoms with van der Waals surface area (Å²) in [7, 11) is 1.59. The van der Waals surface area contributed by atoms with Gasteiger partial charge >= 0.3 is 0 Å². The first-order valence-electron chi connectivity index (χ1n) is 6.35. The SMILES string of the molecule is COc1ccc(CC(N)c2cc(F)c(C)cc2F)cc1. The van der Waals surface area contributed by atoms with Crippen molar-refractivity contribution in [2.75, 3.05) is 7.11 Å². The number of nitrogens with two attached hydrogens (primary N) is 1. The standard InChI is InChI=1S/C16H17F2NO/c1-10-7-15(18)13(9-14(10)17)16(19)8-11-3-5-12(20-2)6-4-11/h3-7,9,16H,8,19H2,1-2H3. The highest BCUT2D eigenvalue weighted by Crippen LogP contribution is 2.23. The second kappa shape index (κ2) is 6.01. The number of methoxy groups -OCH3 is 1. The van der Waals surface area contributed by atoms with Gasteiger partial charge in [-0.1, -0.05) is 12.1 Å². The smallest absolute Gasteiger partial charge is 0.128 e. The Labute approximate surface area is 117 Å². The summed E-state index contributed by atoms with van der Waals surface area (Å²) in [6, 6.07) is 9.13. The van der Waals surface area contributed by atoms with Gasteiger partial charge in [0.2, 0.25) is 0 Å². The first-order chi connectivity index (χ1) is 9.51. The van der Waals surface area contributed by atoms with Gasteiger partial charge < -0.3 is 10.5 Å². The number of ether oxygens (including phenoxy) is 1. The van der Waals surface area contributed by atoms with E-state index >= 15 is 0 Å². The van der Waals surface area contributed by atoms with Crippen LogP contribution in [0.1, 0.15) is 22.7 Å². The molecule has 0 fully saturated rings. The zero-order valence-corrected chi connectivity index (χ0v) is 11.5. The Kier molecular flexibility index (Phi) is 4.35. The van der Waals surface area contributed by atoms with Gasteiger partial charge in [0.25, 0.3) is 0 Å². The summed E-state index contributed by atoms with van der Waals surface area (Å²) in [6.45, 7) is 1.52. The first-order valence-corrected chi connectivity index (χ1v) is 6.35. The van der Waals surface area contributed by atoms with Gasteiger partial charge in [0.05, 0.1) is 7.11 Å². The molecule has 20 heavy (non-hydrogen) atoms. The summed E-state index contributed by atoms with van der Waals surface area (Å²) < 4.78 is 32.4. The quantitative estimate of drug-likeness (QED) is 0.928. The van der Waals surface area contributed by atoms with Crippen LogP contribution in [0.2, 0.25) is 0 Å². The van der Waals surface area contributed by atoms with Crippen molar-refractivity contribution >= 4 is 0 Å². The van der Waals surface area contributed by atoms with Crippen molar-refractivity contribution in [1.82, 2.24) is 0 Å². The molecule has 0 aliphatic carbocycles. The van der Waals surface area contributed by atoms with E-state index in [4.69, 9.17) is 10.5 Å². The normalized spacial score (nSPS) is 12.2. The molecule has 0 aromatic heterocycles. The Balaban J connectivity index is 2.18. The van der Waals surface area contributed by atoms with Gasteiger partial charge in [-0.2, -0.15) is 0 Å². The molecule has 0 saturated heterocycles. The topological polar surface area (TPSA) is 35.2 Å². The summed E-state index contributed by atoms with van der Waals surface area (Å²) in [5.41, 5.74) is 7.40. The lowest BCUT2D eigenvalue weighted by Gasteiger charge is -2.14. The van der Waals surface area contributed by atoms with Crippen LogP contribution in [0.5, 0.6) is 5.75 Å². The van der Waals surface area contributed by atoms with Crippen molar-refractivity contribution in [2.45, 2.75) is 19.4 Å². The van der Waals surface area contributed by atoms with Gasteiger partial charge in [-0.3, -0.25) is 0 Å². The molecule has 2 nitrogen and oxygen atoms in total. The summed E-state index contributed by atoms with van der Waals surface area (Å²) >= 11 is 0. The molecule has 2 aromatic carbocycles. The molecule has 4 heteroatoms. The molecule has 0 aliphatic heterocycles. The Morgan fingerprint density at radius 3 is 2.35 bits per heavy atom. The summed E-state index contributed by atoms with van der Waals surface area (Å²) in [5.74, 6) is -0.161. The average Bonchev–Trinajstić information content (AvgIpc) is 2.43. The minimum atomic E-state index is -0.585. The van der Waals surface area contributed by atoms with Crippen LogP contribution in [0.15, 0.2) is 36.4 Å². The van der Waals surface area contributed by atoms with Gasteiger partial charge in [0, 0.05) is 11.6 Å².